The average Bonchev–Trinajstić information content (AvgIpc) is 2.46. The summed E-state index contributed by atoms with van der Waals surface area (Å²) in [6, 6.07) is 5.50. The van der Waals surface area contributed by atoms with Gasteiger partial charge < -0.3 is 5.73 Å². The van der Waals surface area contributed by atoms with Crippen molar-refractivity contribution in [1.29, 1.82) is 0 Å². The van der Waals surface area contributed by atoms with Gasteiger partial charge >= 0.3 is 0 Å². The molecule has 0 saturated carbocycles. The van der Waals surface area contributed by atoms with Gasteiger partial charge in [-0.2, -0.15) is 0 Å². The largest absolute Gasteiger partial charge is 0.397 e. The summed E-state index contributed by atoms with van der Waals surface area (Å²) in [7, 11) is 0. The minimum Gasteiger partial charge on any atom is -0.397 e. The summed E-state index contributed by atoms with van der Waals surface area (Å²) in [6.07, 6.45) is -2.48. The lowest BCUT2D eigenvalue weighted by atomic mass is 10.1. The Morgan fingerprint density at radius 3 is 2.64 bits per heavy atom. The number of thiophene rings is 1. The zero-order chi connectivity index (χ0) is 10.3. The number of aryl methyl sites for hydroxylation is 1. The van der Waals surface area contributed by atoms with Gasteiger partial charge in [0.1, 0.15) is 0 Å². The molecule has 0 spiro atoms. The molecule has 14 heavy (non-hydrogen) atoms. The molecule has 0 amide bonds. The van der Waals surface area contributed by atoms with Gasteiger partial charge in [0, 0.05) is 10.1 Å². The fourth-order valence-corrected chi connectivity index (χ4v) is 2.51. The van der Waals surface area contributed by atoms with E-state index in [0.29, 0.717) is 0 Å². The molecule has 4 heteroatoms. The quantitative estimate of drug-likeness (QED) is 0.767. The smallest absolute Gasteiger partial charge is 0.274 e. The Kier molecular flexibility index (Phi) is 2.15. The molecular formula is C10H9F2NS. The van der Waals surface area contributed by atoms with Gasteiger partial charge in [0.25, 0.3) is 6.43 Å². The van der Waals surface area contributed by atoms with Crippen molar-refractivity contribution in [2.24, 2.45) is 0 Å². The molecule has 1 aromatic carbocycles. The molecule has 0 aliphatic carbocycles. The second kappa shape index (κ2) is 3.20. The summed E-state index contributed by atoms with van der Waals surface area (Å²) < 4.78 is 25.9. The molecule has 1 heterocycles. The molecule has 0 fully saturated rings. The van der Waals surface area contributed by atoms with E-state index in [2.05, 4.69) is 0 Å². The minimum absolute atomic E-state index is 0.0192. The van der Waals surface area contributed by atoms with Crippen LogP contribution in [0.3, 0.4) is 0 Å². The number of alkyl halides is 2. The van der Waals surface area contributed by atoms with Gasteiger partial charge in [-0.1, -0.05) is 18.2 Å². The Labute approximate surface area is 84.2 Å². The second-order valence-corrected chi connectivity index (χ2v) is 4.18. The molecular weight excluding hydrogens is 204 g/mol. The molecule has 0 atom stereocenters. The maximum atomic E-state index is 12.5. The minimum atomic E-state index is -2.48. The van der Waals surface area contributed by atoms with Gasteiger partial charge in [-0.25, -0.2) is 8.78 Å². The Balaban J connectivity index is 2.80. The molecule has 0 bridgehead atoms. The summed E-state index contributed by atoms with van der Waals surface area (Å²) in [5.41, 5.74) is 6.86. The van der Waals surface area contributed by atoms with Crippen LogP contribution < -0.4 is 5.73 Å². The van der Waals surface area contributed by atoms with Crippen LogP contribution in [-0.2, 0) is 0 Å². The highest BCUT2D eigenvalue weighted by Crippen LogP contribution is 2.40. The molecule has 0 saturated heterocycles. The number of benzene rings is 1. The number of fused-ring (bicyclic) bond motifs is 1. The van der Waals surface area contributed by atoms with Crippen molar-refractivity contribution in [3.05, 3.63) is 28.6 Å². The van der Waals surface area contributed by atoms with Crippen LogP contribution in [0.25, 0.3) is 10.1 Å². The van der Waals surface area contributed by atoms with Crippen molar-refractivity contribution in [2.45, 2.75) is 13.3 Å². The highest BCUT2D eigenvalue weighted by molar-refractivity contribution is 7.20. The Hall–Kier alpha value is -1.16. The van der Waals surface area contributed by atoms with Crippen molar-refractivity contribution in [1.82, 2.24) is 0 Å². The maximum absolute atomic E-state index is 12.5. The van der Waals surface area contributed by atoms with Gasteiger partial charge in [0.2, 0.25) is 0 Å². The van der Waals surface area contributed by atoms with E-state index in [1.54, 1.807) is 6.07 Å². The van der Waals surface area contributed by atoms with Gasteiger partial charge in [0.05, 0.1) is 10.6 Å². The van der Waals surface area contributed by atoms with E-state index < -0.39 is 6.43 Å². The van der Waals surface area contributed by atoms with E-state index >= 15 is 0 Å². The molecule has 0 aliphatic heterocycles. The SMILES string of the molecule is Cc1cccc2c(N)c(C(F)F)sc12. The zero-order valence-electron chi connectivity index (χ0n) is 7.55. The van der Waals surface area contributed by atoms with E-state index in [1.807, 2.05) is 19.1 Å². The first-order valence-corrected chi connectivity index (χ1v) is 4.98. The number of rotatable bonds is 1. The van der Waals surface area contributed by atoms with Gasteiger partial charge in [-0.3, -0.25) is 0 Å². The van der Waals surface area contributed by atoms with E-state index in [0.717, 1.165) is 27.0 Å². The fraction of sp³-hybridized carbons (Fsp3) is 0.200. The monoisotopic (exact) mass is 213 g/mol. The first-order valence-electron chi connectivity index (χ1n) is 4.17. The summed E-state index contributed by atoms with van der Waals surface area (Å²) in [6.45, 7) is 1.90. The third-order valence-electron chi connectivity index (χ3n) is 2.18. The first-order chi connectivity index (χ1) is 6.61. The van der Waals surface area contributed by atoms with Crippen LogP contribution in [0.15, 0.2) is 18.2 Å². The maximum Gasteiger partial charge on any atom is 0.274 e. The third kappa shape index (κ3) is 1.26. The molecule has 0 unspecified atom stereocenters. The third-order valence-corrected chi connectivity index (χ3v) is 3.54. The number of hydrogen-bond donors (Lipinski definition) is 1. The molecule has 2 N–H and O–H groups in total. The summed E-state index contributed by atoms with van der Waals surface area (Å²) >= 11 is 1.08. The standard InChI is InChI=1S/C10H9F2NS/c1-5-3-2-4-6-7(13)9(10(11)12)14-8(5)6/h2-4,10H,13H2,1H3. The lowest BCUT2D eigenvalue weighted by Crippen LogP contribution is -1.88. The molecule has 0 aliphatic rings. The van der Waals surface area contributed by atoms with Crippen LogP contribution in [-0.4, -0.2) is 0 Å². The van der Waals surface area contributed by atoms with Crippen molar-refractivity contribution in [2.75, 3.05) is 5.73 Å². The van der Waals surface area contributed by atoms with Crippen molar-refractivity contribution < 1.29 is 8.78 Å². The number of nitrogens with two attached hydrogens (primary N) is 1. The van der Waals surface area contributed by atoms with Crippen molar-refractivity contribution >= 4 is 27.1 Å². The number of halogens is 2. The Morgan fingerprint density at radius 1 is 1.36 bits per heavy atom. The fourth-order valence-electron chi connectivity index (χ4n) is 1.46. The zero-order valence-corrected chi connectivity index (χ0v) is 8.37. The molecule has 1 nitrogen and oxygen atoms in total. The predicted molar refractivity (Wildman–Crippen MR) is 55.9 cm³/mol. The van der Waals surface area contributed by atoms with Crippen LogP contribution >= 0.6 is 11.3 Å². The summed E-state index contributed by atoms with van der Waals surface area (Å²) in [5, 5.41) is 0.741. The lowest BCUT2D eigenvalue weighted by molar-refractivity contribution is 0.156. The van der Waals surface area contributed by atoms with Gasteiger partial charge in [-0.15, -0.1) is 11.3 Å². The van der Waals surface area contributed by atoms with Crippen LogP contribution in [0.2, 0.25) is 0 Å². The molecule has 2 rings (SSSR count). The highest BCUT2D eigenvalue weighted by Gasteiger charge is 2.17. The van der Waals surface area contributed by atoms with Crippen molar-refractivity contribution in [3.63, 3.8) is 0 Å². The number of anilines is 1. The Bertz CT molecular complexity index is 476. The highest BCUT2D eigenvalue weighted by atomic mass is 32.1. The van der Waals surface area contributed by atoms with E-state index in [1.165, 1.54) is 0 Å². The second-order valence-electron chi connectivity index (χ2n) is 3.13. The summed E-state index contributed by atoms with van der Waals surface area (Å²) in [5.74, 6) is 0. The lowest BCUT2D eigenvalue weighted by Gasteiger charge is -1.95. The molecule has 0 radical (unpaired) electrons. The van der Waals surface area contributed by atoms with Crippen LogP contribution in [0.1, 0.15) is 16.9 Å². The summed E-state index contributed by atoms with van der Waals surface area (Å²) in [4.78, 5) is -0.0192. The topological polar surface area (TPSA) is 26.0 Å². The number of nitrogen functional groups attached to an aromatic ring is 1. The van der Waals surface area contributed by atoms with E-state index in [-0.39, 0.29) is 10.6 Å². The molecule has 1 aromatic heterocycles. The van der Waals surface area contributed by atoms with Crippen LogP contribution in [0.4, 0.5) is 14.5 Å². The van der Waals surface area contributed by atoms with Crippen LogP contribution in [0.5, 0.6) is 0 Å². The van der Waals surface area contributed by atoms with Gasteiger partial charge in [-0.05, 0) is 12.5 Å². The Morgan fingerprint density at radius 2 is 2.07 bits per heavy atom. The van der Waals surface area contributed by atoms with Gasteiger partial charge in [0.15, 0.2) is 0 Å². The van der Waals surface area contributed by atoms with E-state index in [4.69, 9.17) is 5.73 Å². The number of hydrogen-bond acceptors (Lipinski definition) is 2. The first kappa shape index (κ1) is 9.40. The predicted octanol–water partition coefficient (Wildman–Crippen LogP) is 3.73. The molecule has 2 aromatic rings. The van der Waals surface area contributed by atoms with Crippen LogP contribution in [0, 0.1) is 6.92 Å². The van der Waals surface area contributed by atoms with Crippen molar-refractivity contribution in [3.8, 4) is 0 Å². The average molecular weight is 213 g/mol. The van der Waals surface area contributed by atoms with E-state index in [9.17, 15) is 8.78 Å². The molecule has 74 valence electrons. The normalized spacial score (nSPS) is 11.4.